The number of aromatic nitrogens is 1. The van der Waals surface area contributed by atoms with E-state index in [4.69, 9.17) is 9.68 Å². The fourth-order valence-electron chi connectivity index (χ4n) is 1.81. The molecule has 0 radical (unpaired) electrons. The van der Waals surface area contributed by atoms with Crippen molar-refractivity contribution in [3.63, 3.8) is 0 Å². The van der Waals surface area contributed by atoms with Gasteiger partial charge in [-0.15, -0.1) is 0 Å². The molecule has 5 nitrogen and oxygen atoms in total. The van der Waals surface area contributed by atoms with Crippen LogP contribution in [0.2, 0.25) is 0 Å². The van der Waals surface area contributed by atoms with E-state index in [0.29, 0.717) is 18.1 Å². The maximum Gasteiger partial charge on any atom is 0.262 e. The number of hydrogen-bond acceptors (Lipinski definition) is 4. The minimum Gasteiger partial charge on any atom is -0.444 e. The number of nitrogens with one attached hydrogen (secondary N) is 1. The van der Waals surface area contributed by atoms with Crippen LogP contribution in [0.3, 0.4) is 0 Å². The van der Waals surface area contributed by atoms with E-state index in [-0.39, 0.29) is 5.57 Å². The molecule has 0 aliphatic carbocycles. The number of aryl methyl sites for hydroxylation is 1. The molecule has 1 heterocycles. The van der Waals surface area contributed by atoms with Gasteiger partial charge in [-0.1, -0.05) is 24.6 Å². The summed E-state index contributed by atoms with van der Waals surface area (Å²) in [4.78, 5) is 16.1. The summed E-state index contributed by atoms with van der Waals surface area (Å²) in [6.45, 7) is 4.48. The topological polar surface area (TPSA) is 78.9 Å². The van der Waals surface area contributed by atoms with Gasteiger partial charge in [0.25, 0.3) is 5.91 Å². The average molecular weight is 295 g/mol. The third kappa shape index (κ3) is 3.83. The molecule has 1 aromatic heterocycles. The summed E-state index contributed by atoms with van der Waals surface area (Å²) in [6, 6.07) is 9.64. The van der Waals surface area contributed by atoms with E-state index in [1.165, 1.54) is 12.3 Å². The van der Waals surface area contributed by atoms with Crippen molar-refractivity contribution in [3.8, 4) is 17.5 Å². The van der Waals surface area contributed by atoms with Crippen LogP contribution in [0.15, 0.2) is 40.5 Å². The third-order valence-corrected chi connectivity index (χ3v) is 3.01. The zero-order valence-electron chi connectivity index (χ0n) is 12.6. The lowest BCUT2D eigenvalue weighted by Crippen LogP contribution is -2.25. The maximum atomic E-state index is 11.8. The van der Waals surface area contributed by atoms with Gasteiger partial charge in [0, 0.05) is 12.1 Å². The number of nitriles is 1. The number of nitrogens with zero attached hydrogens (tertiary/aromatic N) is 2. The highest BCUT2D eigenvalue weighted by molar-refractivity contribution is 6.01. The second kappa shape index (κ2) is 7.23. The van der Waals surface area contributed by atoms with E-state index in [1.54, 1.807) is 0 Å². The summed E-state index contributed by atoms with van der Waals surface area (Å²) in [7, 11) is 0. The Bertz CT molecular complexity index is 721. The van der Waals surface area contributed by atoms with Crippen molar-refractivity contribution >= 4 is 12.0 Å². The molecule has 1 N–H and O–H groups in total. The van der Waals surface area contributed by atoms with E-state index in [0.717, 1.165) is 17.5 Å². The van der Waals surface area contributed by atoms with Crippen LogP contribution in [0.1, 0.15) is 24.6 Å². The molecule has 0 aliphatic rings. The van der Waals surface area contributed by atoms with E-state index in [1.807, 2.05) is 44.2 Å². The lowest BCUT2D eigenvalue weighted by molar-refractivity contribution is -0.117. The van der Waals surface area contributed by atoms with Crippen LogP contribution >= 0.6 is 0 Å². The quantitative estimate of drug-likeness (QED) is 0.679. The van der Waals surface area contributed by atoms with Crippen LogP contribution in [-0.2, 0) is 4.79 Å². The van der Waals surface area contributed by atoms with Gasteiger partial charge in [-0.05, 0) is 31.6 Å². The van der Waals surface area contributed by atoms with E-state index in [9.17, 15) is 4.79 Å². The minimum absolute atomic E-state index is 0.0113. The molecule has 0 fully saturated rings. The van der Waals surface area contributed by atoms with Crippen molar-refractivity contribution in [2.45, 2.75) is 20.3 Å². The molecule has 22 heavy (non-hydrogen) atoms. The van der Waals surface area contributed by atoms with Gasteiger partial charge in [-0.3, -0.25) is 4.79 Å². The molecule has 2 rings (SSSR count). The van der Waals surface area contributed by atoms with Crippen LogP contribution < -0.4 is 5.32 Å². The van der Waals surface area contributed by atoms with E-state index >= 15 is 0 Å². The molecule has 5 heteroatoms. The predicted molar refractivity (Wildman–Crippen MR) is 83.6 cm³/mol. The van der Waals surface area contributed by atoms with Crippen LogP contribution in [0, 0.1) is 18.3 Å². The van der Waals surface area contributed by atoms with Crippen LogP contribution in [-0.4, -0.2) is 17.4 Å². The summed E-state index contributed by atoms with van der Waals surface area (Å²) in [6.07, 6.45) is 3.66. The normalized spacial score (nSPS) is 11.0. The van der Waals surface area contributed by atoms with Gasteiger partial charge in [-0.25, -0.2) is 4.98 Å². The van der Waals surface area contributed by atoms with Crippen molar-refractivity contribution in [3.05, 3.63) is 47.4 Å². The second-order valence-electron chi connectivity index (χ2n) is 4.87. The van der Waals surface area contributed by atoms with Gasteiger partial charge in [0.1, 0.15) is 23.6 Å². The molecule has 0 atom stereocenters. The van der Waals surface area contributed by atoms with Crippen LogP contribution in [0.4, 0.5) is 0 Å². The fraction of sp³-hybridized carbons (Fsp3) is 0.235. The summed E-state index contributed by atoms with van der Waals surface area (Å²) >= 11 is 0. The van der Waals surface area contributed by atoms with Crippen molar-refractivity contribution in [1.29, 1.82) is 5.26 Å². The predicted octanol–water partition coefficient (Wildman–Crippen LogP) is 3.08. The molecular weight excluding hydrogens is 278 g/mol. The molecule has 1 amide bonds. The Morgan fingerprint density at radius 3 is 2.77 bits per heavy atom. The first-order chi connectivity index (χ1) is 10.6. The highest BCUT2D eigenvalue weighted by Gasteiger charge is 2.10. The van der Waals surface area contributed by atoms with Crippen LogP contribution in [0.25, 0.3) is 17.5 Å². The molecule has 0 aliphatic heterocycles. The Morgan fingerprint density at radius 1 is 1.41 bits per heavy atom. The number of benzene rings is 1. The van der Waals surface area contributed by atoms with Crippen molar-refractivity contribution in [1.82, 2.24) is 10.3 Å². The van der Waals surface area contributed by atoms with Gasteiger partial charge in [0.2, 0.25) is 5.89 Å². The number of amides is 1. The van der Waals surface area contributed by atoms with E-state index in [2.05, 4.69) is 10.3 Å². The molecule has 0 bridgehead atoms. The summed E-state index contributed by atoms with van der Waals surface area (Å²) in [5.41, 5.74) is 2.45. The molecule has 2 aromatic rings. The van der Waals surface area contributed by atoms with Crippen molar-refractivity contribution in [2.75, 3.05) is 6.54 Å². The molecular formula is C17H17N3O2. The summed E-state index contributed by atoms with van der Waals surface area (Å²) < 4.78 is 5.40. The van der Waals surface area contributed by atoms with Crippen molar-refractivity contribution < 1.29 is 9.21 Å². The number of rotatable bonds is 5. The number of carbonyl (C=O) groups excluding carboxylic acids is 1. The number of hydrogen-bond donors (Lipinski definition) is 1. The van der Waals surface area contributed by atoms with Gasteiger partial charge in [0.05, 0.1) is 0 Å². The lowest BCUT2D eigenvalue weighted by atomic mass is 10.1. The lowest BCUT2D eigenvalue weighted by Gasteiger charge is -2.00. The third-order valence-electron chi connectivity index (χ3n) is 3.01. The SMILES string of the molecule is CCCNC(=O)/C(C#N)=C/c1coc(-c2ccc(C)cc2)n1. The largest absolute Gasteiger partial charge is 0.444 e. The Hall–Kier alpha value is -2.87. The van der Waals surface area contributed by atoms with Gasteiger partial charge in [0.15, 0.2) is 0 Å². The first-order valence-corrected chi connectivity index (χ1v) is 7.06. The first-order valence-electron chi connectivity index (χ1n) is 7.06. The molecule has 112 valence electrons. The molecule has 1 aromatic carbocycles. The van der Waals surface area contributed by atoms with Gasteiger partial charge < -0.3 is 9.73 Å². The average Bonchev–Trinajstić information content (AvgIpc) is 2.99. The fourth-order valence-corrected chi connectivity index (χ4v) is 1.81. The van der Waals surface area contributed by atoms with Crippen LogP contribution in [0.5, 0.6) is 0 Å². The highest BCUT2D eigenvalue weighted by Crippen LogP contribution is 2.20. The second-order valence-corrected chi connectivity index (χ2v) is 4.87. The Kier molecular flexibility index (Phi) is 5.10. The molecule has 0 saturated carbocycles. The monoisotopic (exact) mass is 295 g/mol. The Labute approximate surface area is 129 Å². The Balaban J connectivity index is 2.20. The zero-order valence-corrected chi connectivity index (χ0v) is 12.6. The molecule has 0 unspecified atom stereocenters. The summed E-state index contributed by atoms with van der Waals surface area (Å²) in [5, 5.41) is 11.7. The standard InChI is InChI=1S/C17H17N3O2/c1-3-8-19-16(21)14(10-18)9-15-11-22-17(20-15)13-6-4-12(2)5-7-13/h4-7,9,11H,3,8H2,1-2H3,(H,19,21)/b14-9+. The zero-order chi connectivity index (χ0) is 15.9. The Morgan fingerprint density at radius 2 is 2.14 bits per heavy atom. The molecule has 0 saturated heterocycles. The number of oxazole rings is 1. The highest BCUT2D eigenvalue weighted by atomic mass is 16.3. The molecule has 0 spiro atoms. The van der Waals surface area contributed by atoms with Gasteiger partial charge >= 0.3 is 0 Å². The smallest absolute Gasteiger partial charge is 0.262 e. The maximum absolute atomic E-state index is 11.8. The summed E-state index contributed by atoms with van der Waals surface area (Å²) in [5.74, 6) is 0.0572. The number of carbonyl (C=O) groups is 1. The van der Waals surface area contributed by atoms with Crippen molar-refractivity contribution in [2.24, 2.45) is 0 Å². The van der Waals surface area contributed by atoms with Gasteiger partial charge in [-0.2, -0.15) is 5.26 Å². The minimum atomic E-state index is -0.399. The first kappa shape index (κ1) is 15.5. The van der Waals surface area contributed by atoms with E-state index < -0.39 is 5.91 Å².